The van der Waals surface area contributed by atoms with Gasteiger partial charge in [0.25, 0.3) is 5.56 Å². The summed E-state index contributed by atoms with van der Waals surface area (Å²) in [5.74, 6) is 0.680. The van der Waals surface area contributed by atoms with Crippen LogP contribution in [0.3, 0.4) is 0 Å². The largest absolute Gasteiger partial charge is 0.332 e. The highest BCUT2D eigenvalue weighted by molar-refractivity contribution is 5.76. The Hall–Kier alpha value is -2.83. The molecule has 0 aliphatic rings. The van der Waals surface area contributed by atoms with Gasteiger partial charge in [0.05, 0.1) is 0 Å². The lowest BCUT2D eigenvalue weighted by Crippen LogP contribution is -2.39. The van der Waals surface area contributed by atoms with Crippen LogP contribution in [0, 0.1) is 13.8 Å². The minimum atomic E-state index is -0.356. The first-order valence-corrected chi connectivity index (χ1v) is 8.34. The van der Waals surface area contributed by atoms with Crippen LogP contribution in [0.4, 0.5) is 0 Å². The van der Waals surface area contributed by atoms with E-state index >= 15 is 0 Å². The summed E-state index contributed by atoms with van der Waals surface area (Å²) in [4.78, 5) is 30.2. The van der Waals surface area contributed by atoms with Crippen LogP contribution in [0.25, 0.3) is 16.9 Å². The van der Waals surface area contributed by atoms with Gasteiger partial charge in [-0.2, -0.15) is 4.98 Å². The molecule has 7 heteroatoms. The van der Waals surface area contributed by atoms with Gasteiger partial charge in [-0.15, -0.1) is 0 Å². The summed E-state index contributed by atoms with van der Waals surface area (Å²) < 4.78 is 6.61. The van der Waals surface area contributed by atoms with Crippen LogP contribution in [0.2, 0.25) is 0 Å². The molecule has 0 N–H and O–H groups in total. The zero-order chi connectivity index (χ0) is 18.3. The lowest BCUT2D eigenvalue weighted by molar-refractivity contribution is 0.666. The third-order valence-electron chi connectivity index (χ3n) is 4.68. The molecule has 0 unspecified atom stereocenters. The molecule has 7 nitrogen and oxygen atoms in total. The summed E-state index contributed by atoms with van der Waals surface area (Å²) in [6.45, 7) is 8.73. The predicted octanol–water partition coefficient (Wildman–Crippen LogP) is 1.92. The van der Waals surface area contributed by atoms with Gasteiger partial charge in [0.15, 0.2) is 11.2 Å². The number of rotatable bonds is 4. The number of nitrogens with zero attached hydrogens (tertiary/aromatic N) is 5. The number of imidazole rings is 2. The molecule has 0 bridgehead atoms. The molecule has 132 valence electrons. The summed E-state index contributed by atoms with van der Waals surface area (Å²) in [7, 11) is 1.65. The van der Waals surface area contributed by atoms with Crippen molar-refractivity contribution in [3.8, 4) is 0 Å². The maximum absolute atomic E-state index is 13.0. The van der Waals surface area contributed by atoms with E-state index in [1.165, 1.54) is 9.13 Å². The van der Waals surface area contributed by atoms with Crippen molar-refractivity contribution in [2.24, 2.45) is 7.05 Å². The summed E-state index contributed by atoms with van der Waals surface area (Å²) in [5.41, 5.74) is 2.20. The second-order valence-corrected chi connectivity index (χ2v) is 6.10. The van der Waals surface area contributed by atoms with E-state index in [9.17, 15) is 9.59 Å². The summed E-state index contributed by atoms with van der Waals surface area (Å²) >= 11 is 0. The average molecular weight is 341 g/mol. The van der Waals surface area contributed by atoms with Crippen molar-refractivity contribution in [1.82, 2.24) is 23.1 Å². The fourth-order valence-corrected chi connectivity index (χ4v) is 3.12. The van der Waals surface area contributed by atoms with Gasteiger partial charge >= 0.3 is 5.69 Å². The number of hydrogen-bond acceptors (Lipinski definition) is 3. The van der Waals surface area contributed by atoms with Crippen molar-refractivity contribution in [2.45, 2.75) is 40.8 Å². The minimum absolute atomic E-state index is 0.252. The fraction of sp³-hybridized carbons (Fsp3) is 0.389. The average Bonchev–Trinajstić information content (AvgIpc) is 3.09. The molecule has 3 heterocycles. The Morgan fingerprint density at radius 1 is 0.960 bits per heavy atom. The van der Waals surface area contributed by atoms with Gasteiger partial charge < -0.3 is 4.57 Å². The highest BCUT2D eigenvalue weighted by Crippen LogP contribution is 2.20. The first kappa shape index (κ1) is 17.0. The van der Waals surface area contributed by atoms with Crippen LogP contribution in [0.15, 0.2) is 33.9 Å². The van der Waals surface area contributed by atoms with Crippen LogP contribution in [-0.2, 0) is 20.1 Å². The van der Waals surface area contributed by atoms with Crippen LogP contribution < -0.4 is 11.2 Å². The summed E-state index contributed by atoms with van der Waals surface area (Å²) in [6.07, 6.45) is 7.64. The molecular formula is C18H23N5O2. The topological polar surface area (TPSA) is 66.2 Å². The van der Waals surface area contributed by atoms with E-state index in [0.29, 0.717) is 23.5 Å². The maximum Gasteiger partial charge on any atom is 0.332 e. The molecule has 0 spiro atoms. The smallest absolute Gasteiger partial charge is 0.310 e. The molecule has 3 rings (SSSR count). The number of allylic oxidation sites excluding steroid dienone is 4. The van der Waals surface area contributed by atoms with Crippen molar-refractivity contribution in [2.75, 3.05) is 0 Å². The third kappa shape index (κ3) is 2.38. The van der Waals surface area contributed by atoms with Crippen molar-refractivity contribution in [1.29, 1.82) is 0 Å². The normalized spacial score (nSPS) is 12.5. The van der Waals surface area contributed by atoms with Gasteiger partial charge in [-0.25, -0.2) is 4.79 Å². The molecule has 0 radical (unpaired) electrons. The van der Waals surface area contributed by atoms with Crippen LogP contribution in [0.5, 0.6) is 0 Å². The SMILES string of the molecule is C/C=C/Cn1c(=O)c2c(nc3n(C/C=C/C)c(C)c(C)n23)n(C)c1=O. The van der Waals surface area contributed by atoms with Gasteiger partial charge in [0.2, 0.25) is 5.78 Å². The van der Waals surface area contributed by atoms with Crippen LogP contribution in [-0.4, -0.2) is 23.1 Å². The molecular weight excluding hydrogens is 318 g/mol. The summed E-state index contributed by atoms with van der Waals surface area (Å²) in [5, 5.41) is 0. The van der Waals surface area contributed by atoms with E-state index in [4.69, 9.17) is 0 Å². The van der Waals surface area contributed by atoms with Crippen molar-refractivity contribution >= 4 is 16.9 Å². The van der Waals surface area contributed by atoms with Gasteiger partial charge in [-0.3, -0.25) is 18.3 Å². The monoisotopic (exact) mass is 341 g/mol. The van der Waals surface area contributed by atoms with E-state index in [1.54, 1.807) is 13.1 Å². The standard InChI is InChI=1S/C18H23N5O2/c1-6-8-10-21-12(3)13(4)23-14-15(19-17(21)23)20(5)18(25)22(16(14)24)11-9-7-2/h6-9H,10-11H2,1-5H3/b8-6+,9-7+. The van der Waals surface area contributed by atoms with Crippen molar-refractivity contribution < 1.29 is 0 Å². The van der Waals surface area contributed by atoms with Gasteiger partial charge in [0, 0.05) is 31.5 Å². The van der Waals surface area contributed by atoms with Crippen molar-refractivity contribution in [3.05, 3.63) is 56.5 Å². The first-order chi connectivity index (χ1) is 11.9. The molecule has 3 aromatic rings. The Bertz CT molecular complexity index is 1130. The fourth-order valence-electron chi connectivity index (χ4n) is 3.12. The molecule has 0 amide bonds. The maximum atomic E-state index is 13.0. The number of aromatic nitrogens is 5. The molecule has 0 atom stereocenters. The quantitative estimate of drug-likeness (QED) is 0.681. The van der Waals surface area contributed by atoms with E-state index < -0.39 is 0 Å². The molecule has 0 aromatic carbocycles. The van der Waals surface area contributed by atoms with Gasteiger partial charge in [-0.05, 0) is 27.7 Å². The molecule has 3 aromatic heterocycles. The molecule has 25 heavy (non-hydrogen) atoms. The number of fused-ring (bicyclic) bond motifs is 3. The Morgan fingerprint density at radius 2 is 1.56 bits per heavy atom. The lowest BCUT2D eigenvalue weighted by atomic mass is 10.3. The molecule has 0 aliphatic carbocycles. The van der Waals surface area contributed by atoms with Crippen LogP contribution in [0.1, 0.15) is 25.2 Å². The molecule has 0 fully saturated rings. The number of aryl methyl sites for hydroxylation is 2. The first-order valence-electron chi connectivity index (χ1n) is 8.34. The second kappa shape index (κ2) is 6.23. The Kier molecular flexibility index (Phi) is 4.24. The highest BCUT2D eigenvalue weighted by atomic mass is 16.2. The van der Waals surface area contributed by atoms with E-state index in [2.05, 4.69) is 9.55 Å². The molecule has 0 aliphatic heterocycles. The lowest BCUT2D eigenvalue weighted by Gasteiger charge is -2.06. The van der Waals surface area contributed by atoms with E-state index in [1.807, 2.05) is 50.3 Å². The van der Waals surface area contributed by atoms with E-state index in [0.717, 1.165) is 11.4 Å². The van der Waals surface area contributed by atoms with Crippen molar-refractivity contribution in [3.63, 3.8) is 0 Å². The molecule has 0 saturated heterocycles. The zero-order valence-corrected chi connectivity index (χ0v) is 15.3. The Balaban J connectivity index is 2.48. The Labute approximate surface area is 145 Å². The predicted molar refractivity (Wildman–Crippen MR) is 99.3 cm³/mol. The van der Waals surface area contributed by atoms with E-state index in [-0.39, 0.29) is 17.8 Å². The third-order valence-corrected chi connectivity index (χ3v) is 4.68. The number of hydrogen-bond donors (Lipinski definition) is 0. The molecule has 0 saturated carbocycles. The van der Waals surface area contributed by atoms with Gasteiger partial charge in [-0.1, -0.05) is 24.3 Å². The van der Waals surface area contributed by atoms with Crippen LogP contribution >= 0.6 is 0 Å². The second-order valence-electron chi connectivity index (χ2n) is 6.10. The summed E-state index contributed by atoms with van der Waals surface area (Å²) in [6, 6.07) is 0. The zero-order valence-electron chi connectivity index (χ0n) is 15.3. The highest BCUT2D eigenvalue weighted by Gasteiger charge is 2.21. The van der Waals surface area contributed by atoms with Gasteiger partial charge in [0.1, 0.15) is 0 Å². The Morgan fingerprint density at radius 3 is 2.16 bits per heavy atom. The minimum Gasteiger partial charge on any atom is -0.310 e.